The van der Waals surface area contributed by atoms with Crippen molar-refractivity contribution < 1.29 is 13.2 Å². The van der Waals surface area contributed by atoms with Crippen molar-refractivity contribution in [2.75, 3.05) is 0 Å². The van der Waals surface area contributed by atoms with Gasteiger partial charge in [-0.25, -0.2) is 4.39 Å². The van der Waals surface area contributed by atoms with Crippen molar-refractivity contribution in [1.29, 1.82) is 0 Å². The number of nitrogens with zero attached hydrogens (tertiary/aromatic N) is 2. The van der Waals surface area contributed by atoms with Gasteiger partial charge in [0.15, 0.2) is 0 Å². The summed E-state index contributed by atoms with van der Waals surface area (Å²) in [5.74, 6) is -0.502. The molecule has 4 aromatic rings. The Balaban J connectivity index is 1.90. The van der Waals surface area contributed by atoms with Crippen molar-refractivity contribution in [2.24, 2.45) is 5.73 Å². The highest BCUT2D eigenvalue weighted by atomic mass is 32.2. The monoisotopic (exact) mass is 448 g/mol. The normalized spacial score (nSPS) is 12.0. The minimum absolute atomic E-state index is 0.0948. The van der Waals surface area contributed by atoms with Crippen LogP contribution in [0.4, 0.5) is 4.39 Å². The zero-order valence-electron chi connectivity index (χ0n) is 16.9. The van der Waals surface area contributed by atoms with Crippen LogP contribution in [0.25, 0.3) is 27.9 Å². The van der Waals surface area contributed by atoms with E-state index < -0.39 is 16.9 Å². The molecule has 0 spiro atoms. The van der Waals surface area contributed by atoms with Crippen LogP contribution in [-0.4, -0.2) is 18.5 Å². The lowest BCUT2D eigenvalue weighted by Crippen LogP contribution is -2.23. The molecule has 0 aliphatic heterocycles. The summed E-state index contributed by atoms with van der Waals surface area (Å²) in [4.78, 5) is 13.6. The van der Waals surface area contributed by atoms with Crippen molar-refractivity contribution in [3.8, 4) is 27.9 Å². The second kappa shape index (κ2) is 9.35. The first-order chi connectivity index (χ1) is 15.5. The van der Waals surface area contributed by atoms with Gasteiger partial charge < -0.3 is 10.3 Å². The van der Waals surface area contributed by atoms with Crippen LogP contribution in [0.3, 0.4) is 0 Å². The van der Waals surface area contributed by atoms with Gasteiger partial charge in [0.25, 0.3) is 5.56 Å². The third-order valence-electron chi connectivity index (χ3n) is 5.05. The van der Waals surface area contributed by atoms with E-state index in [1.54, 1.807) is 60.8 Å². The maximum Gasteiger partial charge on any atom is 0.279 e. The smallest absolute Gasteiger partial charge is 0.279 e. The first-order valence-electron chi connectivity index (χ1n) is 9.79. The van der Waals surface area contributed by atoms with E-state index >= 15 is 0 Å². The van der Waals surface area contributed by atoms with Crippen molar-refractivity contribution >= 4 is 11.1 Å². The van der Waals surface area contributed by atoms with E-state index in [0.29, 0.717) is 40.0 Å². The molecule has 0 aliphatic carbocycles. The number of benzene rings is 3. The zero-order chi connectivity index (χ0) is 22.7. The van der Waals surface area contributed by atoms with Crippen LogP contribution < -0.4 is 11.3 Å². The number of rotatable bonds is 6. The molecule has 0 aliphatic rings. The predicted molar refractivity (Wildman–Crippen MR) is 121 cm³/mol. The summed E-state index contributed by atoms with van der Waals surface area (Å²) in [6, 6.07) is 19.8. The highest BCUT2D eigenvalue weighted by molar-refractivity contribution is 7.78. The largest absolute Gasteiger partial charge is 0.772 e. The molecule has 0 saturated carbocycles. The highest BCUT2D eigenvalue weighted by Crippen LogP contribution is 2.29. The fourth-order valence-corrected chi connectivity index (χ4v) is 3.95. The molecule has 1 aromatic heterocycles. The Bertz CT molecular complexity index is 1340. The maximum atomic E-state index is 13.6. The molecule has 3 aromatic carbocycles. The Kier molecular flexibility index (Phi) is 6.36. The number of nitrogens with two attached hydrogens (primary N) is 1. The van der Waals surface area contributed by atoms with Gasteiger partial charge in [0.05, 0.1) is 17.4 Å². The third-order valence-corrected chi connectivity index (χ3v) is 5.62. The van der Waals surface area contributed by atoms with Crippen molar-refractivity contribution in [3.63, 3.8) is 0 Å². The third kappa shape index (κ3) is 4.57. The fraction of sp³-hybridized carbons (Fsp3) is 0.0833. The van der Waals surface area contributed by atoms with Crippen molar-refractivity contribution in [2.45, 2.75) is 12.3 Å². The van der Waals surface area contributed by atoms with E-state index in [4.69, 9.17) is 5.73 Å². The summed E-state index contributed by atoms with van der Waals surface area (Å²) in [6.07, 6.45) is 1.58. The summed E-state index contributed by atoms with van der Waals surface area (Å²) in [5, 5.41) is 4.37. The molecular formula is C24H19FN3O3S-. The van der Waals surface area contributed by atoms with E-state index in [9.17, 15) is 17.9 Å². The minimum atomic E-state index is -2.19. The molecule has 32 heavy (non-hydrogen) atoms. The van der Waals surface area contributed by atoms with E-state index in [1.807, 2.05) is 6.07 Å². The van der Waals surface area contributed by atoms with Crippen LogP contribution in [0, 0.1) is 5.82 Å². The summed E-state index contributed by atoms with van der Waals surface area (Å²) < 4.78 is 36.8. The van der Waals surface area contributed by atoms with E-state index in [-0.39, 0.29) is 11.3 Å². The average molecular weight is 448 g/mol. The number of hydrogen-bond donors (Lipinski definition) is 1. The molecule has 4 rings (SSSR count). The fourth-order valence-electron chi connectivity index (χ4n) is 3.48. The topological polar surface area (TPSA) is 101 Å². The number of halogens is 1. The molecule has 6 nitrogen and oxygen atoms in total. The van der Waals surface area contributed by atoms with Gasteiger partial charge in [0, 0.05) is 17.9 Å². The van der Waals surface area contributed by atoms with Crippen LogP contribution in [0.2, 0.25) is 0 Å². The molecule has 0 amide bonds. The van der Waals surface area contributed by atoms with Gasteiger partial charge in [-0.05, 0) is 46.5 Å². The summed E-state index contributed by atoms with van der Waals surface area (Å²) in [7, 11) is 0. The van der Waals surface area contributed by atoms with Gasteiger partial charge in [-0.1, -0.05) is 59.6 Å². The molecule has 0 saturated heterocycles. The molecule has 1 heterocycles. The first-order valence-corrected chi connectivity index (χ1v) is 11.0. The SMILES string of the molecule is NCc1cccc(-n2ncc(-c3ccc(CS(=O)[O-])cc3)c(-c3ccc(F)cc3)c2=O)c1. The molecule has 1 atom stereocenters. The Morgan fingerprint density at radius 3 is 2.31 bits per heavy atom. The predicted octanol–water partition coefficient (Wildman–Crippen LogP) is 3.54. The summed E-state index contributed by atoms with van der Waals surface area (Å²) in [5.41, 5.74) is 9.57. The molecule has 1 unspecified atom stereocenters. The maximum absolute atomic E-state index is 13.6. The standard InChI is InChI=1S/C24H20FN3O3S/c25-20-10-8-19(9-11-20)23-22(18-6-4-16(5-7-18)15-32(30)31)14-27-28(24(23)29)21-3-1-2-17(12-21)13-26/h1-12,14H,13,15,26H2,(H,30,31)/p-1. The molecule has 0 bridgehead atoms. The van der Waals surface area contributed by atoms with Crippen LogP contribution >= 0.6 is 0 Å². The molecule has 0 fully saturated rings. The van der Waals surface area contributed by atoms with Crippen LogP contribution in [0.5, 0.6) is 0 Å². The van der Waals surface area contributed by atoms with Gasteiger partial charge in [-0.3, -0.25) is 9.00 Å². The zero-order valence-corrected chi connectivity index (χ0v) is 17.7. The second-order valence-electron chi connectivity index (χ2n) is 7.18. The Morgan fingerprint density at radius 1 is 0.969 bits per heavy atom. The highest BCUT2D eigenvalue weighted by Gasteiger charge is 2.16. The van der Waals surface area contributed by atoms with E-state index in [1.165, 1.54) is 16.8 Å². The lowest BCUT2D eigenvalue weighted by Gasteiger charge is -2.14. The van der Waals surface area contributed by atoms with Gasteiger partial charge in [0.2, 0.25) is 0 Å². The molecule has 8 heteroatoms. The molecule has 162 valence electrons. The lowest BCUT2D eigenvalue weighted by molar-refractivity contribution is 0.536. The molecule has 0 radical (unpaired) electrons. The quantitative estimate of drug-likeness (QED) is 0.455. The van der Waals surface area contributed by atoms with Crippen LogP contribution in [-0.2, 0) is 23.4 Å². The van der Waals surface area contributed by atoms with Crippen molar-refractivity contribution in [1.82, 2.24) is 9.78 Å². The summed E-state index contributed by atoms with van der Waals surface area (Å²) in [6.45, 7) is 0.325. The Morgan fingerprint density at radius 2 is 1.66 bits per heavy atom. The van der Waals surface area contributed by atoms with E-state index in [0.717, 1.165) is 5.56 Å². The average Bonchev–Trinajstić information content (AvgIpc) is 2.80. The number of hydrogen-bond acceptors (Lipinski definition) is 5. The summed E-state index contributed by atoms with van der Waals surface area (Å²) >= 11 is -2.19. The molecule has 2 N–H and O–H groups in total. The van der Waals surface area contributed by atoms with Crippen molar-refractivity contribution in [3.05, 3.63) is 106 Å². The second-order valence-corrected chi connectivity index (χ2v) is 8.07. The van der Waals surface area contributed by atoms with Gasteiger partial charge in [-0.15, -0.1) is 0 Å². The Labute approximate surface area is 186 Å². The Hall–Kier alpha value is -3.46. The van der Waals surface area contributed by atoms with E-state index in [2.05, 4.69) is 5.10 Å². The minimum Gasteiger partial charge on any atom is -0.772 e. The van der Waals surface area contributed by atoms with Gasteiger partial charge in [0.1, 0.15) is 5.82 Å². The first kappa shape index (κ1) is 21.8. The molecular weight excluding hydrogens is 429 g/mol. The van der Waals surface area contributed by atoms with Gasteiger partial charge in [-0.2, -0.15) is 9.78 Å². The van der Waals surface area contributed by atoms with Crippen LogP contribution in [0.15, 0.2) is 83.8 Å². The van der Waals surface area contributed by atoms with Crippen LogP contribution in [0.1, 0.15) is 11.1 Å². The lowest BCUT2D eigenvalue weighted by atomic mass is 9.96. The van der Waals surface area contributed by atoms with Gasteiger partial charge >= 0.3 is 0 Å². The number of aromatic nitrogens is 2.